The monoisotopic (exact) mass is 522 g/mol. The van der Waals surface area contributed by atoms with Crippen LogP contribution in [0.25, 0.3) is 5.76 Å². The van der Waals surface area contributed by atoms with Crippen LogP contribution < -0.4 is 9.64 Å². The summed E-state index contributed by atoms with van der Waals surface area (Å²) in [5.74, 6) is -3.01. The van der Waals surface area contributed by atoms with Crippen LogP contribution in [0.5, 0.6) is 5.75 Å². The highest BCUT2D eigenvalue weighted by Crippen LogP contribution is 2.44. The van der Waals surface area contributed by atoms with Crippen LogP contribution in [-0.2, 0) is 14.3 Å². The van der Waals surface area contributed by atoms with Gasteiger partial charge in [-0.2, -0.15) is 0 Å². The molecule has 0 aliphatic carbocycles. The lowest BCUT2D eigenvalue weighted by Gasteiger charge is -2.23. The Kier molecular flexibility index (Phi) is 7.49. The van der Waals surface area contributed by atoms with Gasteiger partial charge in [-0.05, 0) is 55.8 Å². The van der Waals surface area contributed by atoms with Gasteiger partial charge in [0.25, 0.3) is 5.78 Å². The Morgan fingerprint density at radius 1 is 1.24 bits per heavy atom. The first kappa shape index (κ1) is 25.8. The number of esters is 1. The van der Waals surface area contributed by atoms with Crippen LogP contribution in [0.3, 0.4) is 0 Å². The van der Waals surface area contributed by atoms with Crippen LogP contribution >= 0.6 is 11.3 Å². The molecular weight excluding hydrogens is 499 g/mol. The summed E-state index contributed by atoms with van der Waals surface area (Å²) < 4.78 is 24.2. The number of halogens is 1. The summed E-state index contributed by atoms with van der Waals surface area (Å²) in [7, 11) is 0. The number of amides is 1. The van der Waals surface area contributed by atoms with Gasteiger partial charge in [0.05, 0.1) is 23.9 Å². The third-order valence-electron chi connectivity index (χ3n) is 5.56. The number of ketones is 1. The summed E-state index contributed by atoms with van der Waals surface area (Å²) in [4.78, 5) is 44.8. The third kappa shape index (κ3) is 5.01. The average molecular weight is 523 g/mol. The molecule has 1 atom stereocenters. The summed E-state index contributed by atoms with van der Waals surface area (Å²) in [5, 5.41) is 11.2. The number of rotatable bonds is 8. The number of benzene rings is 2. The maximum Gasteiger partial charge on any atom is 0.350 e. The normalized spacial score (nSPS) is 16.6. The van der Waals surface area contributed by atoms with E-state index in [4.69, 9.17) is 9.47 Å². The molecule has 0 bridgehead atoms. The van der Waals surface area contributed by atoms with Gasteiger partial charge >= 0.3 is 11.9 Å². The number of aryl methyl sites for hydroxylation is 1. The molecule has 0 spiro atoms. The molecule has 37 heavy (non-hydrogen) atoms. The van der Waals surface area contributed by atoms with Crippen LogP contribution in [0.4, 0.5) is 9.52 Å². The Bertz CT molecular complexity index is 1410. The molecular formula is C27H23FN2O6S. The van der Waals surface area contributed by atoms with Gasteiger partial charge in [0.1, 0.15) is 28.8 Å². The van der Waals surface area contributed by atoms with Crippen LogP contribution in [0.2, 0.25) is 0 Å². The van der Waals surface area contributed by atoms with E-state index in [0.29, 0.717) is 23.6 Å². The van der Waals surface area contributed by atoms with E-state index in [1.165, 1.54) is 18.2 Å². The number of aromatic nitrogens is 1. The minimum Gasteiger partial charge on any atom is -0.507 e. The fraction of sp³-hybridized carbons (Fsp3) is 0.185. The van der Waals surface area contributed by atoms with Gasteiger partial charge in [0.2, 0.25) is 0 Å². The second kappa shape index (κ2) is 10.8. The Hall–Kier alpha value is -4.31. The summed E-state index contributed by atoms with van der Waals surface area (Å²) >= 11 is 0.893. The maximum absolute atomic E-state index is 13.5. The van der Waals surface area contributed by atoms with Gasteiger partial charge in [-0.1, -0.05) is 36.1 Å². The molecule has 4 rings (SSSR count). The standard InChI is InChI=1S/C27H23FN2O6S/c1-4-13-36-26(34)24-15(3)29-27(37-24)30-21(17-7-6-8-19(14-17)35-5-2)20(23(32)25(30)33)22(31)16-9-11-18(28)12-10-16/h4,6-12,14,21,31H,1,5,13H2,2-3H3/b22-20+. The minimum absolute atomic E-state index is 0.00207. The molecule has 1 aliphatic rings. The highest BCUT2D eigenvalue weighted by molar-refractivity contribution is 7.17. The molecule has 3 aromatic rings. The Balaban J connectivity index is 1.89. The van der Waals surface area contributed by atoms with Gasteiger partial charge in [0, 0.05) is 5.56 Å². The lowest BCUT2D eigenvalue weighted by molar-refractivity contribution is -0.132. The van der Waals surface area contributed by atoms with Crippen LogP contribution in [0.15, 0.2) is 66.8 Å². The zero-order valence-electron chi connectivity index (χ0n) is 20.1. The largest absolute Gasteiger partial charge is 0.507 e. The van der Waals surface area contributed by atoms with Gasteiger partial charge in [-0.25, -0.2) is 14.2 Å². The van der Waals surface area contributed by atoms with Gasteiger partial charge < -0.3 is 14.6 Å². The van der Waals surface area contributed by atoms with E-state index in [2.05, 4.69) is 11.6 Å². The molecule has 190 valence electrons. The summed E-state index contributed by atoms with van der Waals surface area (Å²) in [6.45, 7) is 7.31. The first-order valence-corrected chi connectivity index (χ1v) is 12.1. The predicted octanol–water partition coefficient (Wildman–Crippen LogP) is 4.96. The molecule has 2 heterocycles. The van der Waals surface area contributed by atoms with Crippen molar-refractivity contribution >= 4 is 39.9 Å². The molecule has 10 heteroatoms. The van der Waals surface area contributed by atoms with Crippen molar-refractivity contribution in [2.24, 2.45) is 0 Å². The van der Waals surface area contributed by atoms with E-state index in [1.807, 2.05) is 6.92 Å². The van der Waals surface area contributed by atoms with Crippen molar-refractivity contribution in [2.75, 3.05) is 18.1 Å². The van der Waals surface area contributed by atoms with E-state index in [-0.39, 0.29) is 27.8 Å². The first-order valence-electron chi connectivity index (χ1n) is 11.3. The van der Waals surface area contributed by atoms with Crippen molar-refractivity contribution in [1.29, 1.82) is 0 Å². The smallest absolute Gasteiger partial charge is 0.350 e. The van der Waals surface area contributed by atoms with Crippen molar-refractivity contribution in [3.8, 4) is 5.75 Å². The van der Waals surface area contributed by atoms with Crippen LogP contribution in [-0.4, -0.2) is 41.0 Å². The molecule has 1 aromatic heterocycles. The molecule has 1 unspecified atom stereocenters. The number of hydrogen-bond donors (Lipinski definition) is 1. The number of carbonyl (C=O) groups excluding carboxylic acids is 3. The quantitative estimate of drug-likeness (QED) is 0.147. The Labute approximate surface area is 216 Å². The number of carbonyl (C=O) groups is 3. The van der Waals surface area contributed by atoms with Crippen LogP contribution in [0, 0.1) is 12.7 Å². The Morgan fingerprint density at radius 2 is 1.97 bits per heavy atom. The summed E-state index contributed by atoms with van der Waals surface area (Å²) in [5.41, 5.74) is 0.747. The topological polar surface area (TPSA) is 106 Å². The zero-order valence-corrected chi connectivity index (χ0v) is 20.9. The number of thiazole rings is 1. The zero-order chi connectivity index (χ0) is 26.7. The van der Waals surface area contributed by atoms with E-state index in [9.17, 15) is 23.9 Å². The van der Waals surface area contributed by atoms with Crippen molar-refractivity contribution in [3.05, 3.63) is 94.3 Å². The third-order valence-corrected chi connectivity index (χ3v) is 6.69. The summed E-state index contributed by atoms with van der Waals surface area (Å²) in [6.07, 6.45) is 1.43. The molecule has 1 amide bonds. The Morgan fingerprint density at radius 3 is 2.65 bits per heavy atom. The van der Waals surface area contributed by atoms with Crippen molar-refractivity contribution in [2.45, 2.75) is 19.9 Å². The number of aliphatic hydroxyl groups is 1. The fourth-order valence-corrected chi connectivity index (χ4v) is 4.91. The van der Waals surface area contributed by atoms with Crippen molar-refractivity contribution in [1.82, 2.24) is 4.98 Å². The molecule has 1 aliphatic heterocycles. The molecule has 1 fully saturated rings. The predicted molar refractivity (Wildman–Crippen MR) is 136 cm³/mol. The molecule has 1 saturated heterocycles. The number of nitrogens with zero attached hydrogens (tertiary/aromatic N) is 2. The SMILES string of the molecule is C=CCOC(=O)c1sc(N2C(=O)C(=O)/C(=C(/O)c3ccc(F)cc3)C2c2cccc(OCC)c2)nc1C. The van der Waals surface area contributed by atoms with E-state index in [1.54, 1.807) is 31.2 Å². The second-order valence-electron chi connectivity index (χ2n) is 7.98. The second-order valence-corrected chi connectivity index (χ2v) is 8.96. The van der Waals surface area contributed by atoms with Gasteiger partial charge in [-0.15, -0.1) is 0 Å². The first-order chi connectivity index (χ1) is 17.8. The average Bonchev–Trinajstić information content (AvgIpc) is 3.39. The van der Waals surface area contributed by atoms with Gasteiger partial charge in [-0.3, -0.25) is 14.5 Å². The number of anilines is 1. The van der Waals surface area contributed by atoms with Crippen molar-refractivity contribution in [3.63, 3.8) is 0 Å². The molecule has 2 aromatic carbocycles. The van der Waals surface area contributed by atoms with E-state index >= 15 is 0 Å². The lowest BCUT2D eigenvalue weighted by Crippen LogP contribution is -2.29. The summed E-state index contributed by atoms with van der Waals surface area (Å²) in [6, 6.07) is 10.6. The fourth-order valence-electron chi connectivity index (χ4n) is 3.92. The van der Waals surface area contributed by atoms with Crippen LogP contribution in [0.1, 0.15) is 39.5 Å². The highest BCUT2D eigenvalue weighted by atomic mass is 32.1. The van der Waals surface area contributed by atoms with E-state index < -0.39 is 35.3 Å². The number of Topliss-reactive ketones (excluding diaryl/α,β-unsaturated/α-hetero) is 1. The lowest BCUT2D eigenvalue weighted by atomic mass is 9.95. The van der Waals surface area contributed by atoms with Gasteiger partial charge in [0.15, 0.2) is 5.13 Å². The molecule has 0 saturated carbocycles. The van der Waals surface area contributed by atoms with E-state index in [0.717, 1.165) is 28.4 Å². The highest BCUT2D eigenvalue weighted by Gasteiger charge is 2.48. The number of ether oxygens (including phenoxy) is 2. The molecule has 0 radical (unpaired) electrons. The molecule has 1 N–H and O–H groups in total. The van der Waals surface area contributed by atoms with Crippen molar-refractivity contribution < 1.29 is 33.4 Å². The molecule has 8 nitrogen and oxygen atoms in total. The number of hydrogen-bond acceptors (Lipinski definition) is 8. The minimum atomic E-state index is -1.09. The number of aliphatic hydroxyl groups excluding tert-OH is 1. The maximum atomic E-state index is 13.5.